The molecule has 0 fully saturated rings. The molecule has 0 N–H and O–H groups in total. The predicted octanol–water partition coefficient (Wildman–Crippen LogP) is 7.32. The topological polar surface area (TPSA) is 26.3 Å². The Morgan fingerprint density at radius 1 is 0.870 bits per heavy atom. The number of unbranched alkanes of at least 4 members (excludes halogenated alkanes) is 9. The van der Waals surface area contributed by atoms with E-state index in [1.54, 1.807) is 12.1 Å². The monoisotopic (exact) mass is 446 g/mol. The summed E-state index contributed by atoms with van der Waals surface area (Å²) in [6, 6.07) is 3.57. The first-order chi connectivity index (χ1) is 11.2. The van der Waals surface area contributed by atoms with Crippen LogP contribution in [0.2, 0.25) is 0 Å². The van der Waals surface area contributed by atoms with Gasteiger partial charge in [0.25, 0.3) is 0 Å². The minimum atomic E-state index is 0.634. The normalized spacial score (nSPS) is 10.7. The number of carbonyl (C=O) groups is 1. The highest BCUT2D eigenvalue weighted by molar-refractivity contribution is 9.11. The fourth-order valence-electron chi connectivity index (χ4n) is 2.55. The average Bonchev–Trinajstić information content (AvgIpc) is 2.54. The minimum absolute atomic E-state index is 0.634. The molecule has 0 amide bonds. The van der Waals surface area contributed by atoms with Crippen molar-refractivity contribution in [3.8, 4) is 5.75 Å². The Kier molecular flexibility index (Phi) is 11.7. The van der Waals surface area contributed by atoms with Crippen molar-refractivity contribution in [2.45, 2.75) is 71.1 Å². The summed E-state index contributed by atoms with van der Waals surface area (Å²) in [6.45, 7) is 2.98. The van der Waals surface area contributed by atoms with E-state index >= 15 is 0 Å². The van der Waals surface area contributed by atoms with Crippen molar-refractivity contribution in [3.05, 3.63) is 26.6 Å². The van der Waals surface area contributed by atoms with E-state index in [-0.39, 0.29) is 0 Å². The first-order valence-electron chi connectivity index (χ1n) is 8.76. The van der Waals surface area contributed by atoms with Crippen molar-refractivity contribution in [3.63, 3.8) is 0 Å². The van der Waals surface area contributed by atoms with E-state index in [0.717, 1.165) is 27.4 Å². The van der Waals surface area contributed by atoms with E-state index in [9.17, 15) is 4.79 Å². The molecule has 0 atom stereocenters. The van der Waals surface area contributed by atoms with E-state index in [2.05, 4.69) is 38.8 Å². The number of hydrogen-bond donors (Lipinski definition) is 0. The average molecular weight is 448 g/mol. The zero-order valence-corrected chi connectivity index (χ0v) is 17.3. The maximum Gasteiger partial charge on any atom is 0.150 e. The molecule has 130 valence electrons. The summed E-state index contributed by atoms with van der Waals surface area (Å²) in [4.78, 5) is 10.8. The van der Waals surface area contributed by atoms with Crippen LogP contribution < -0.4 is 4.74 Å². The molecule has 4 heteroatoms. The van der Waals surface area contributed by atoms with Crippen molar-refractivity contribution < 1.29 is 9.53 Å². The molecule has 0 aliphatic heterocycles. The Labute approximate surface area is 157 Å². The fourth-order valence-corrected chi connectivity index (χ4v) is 4.00. The third kappa shape index (κ3) is 8.90. The van der Waals surface area contributed by atoms with Gasteiger partial charge >= 0.3 is 0 Å². The molecule has 0 aliphatic rings. The minimum Gasteiger partial charge on any atom is -0.491 e. The SMILES string of the molecule is CCCCCCCCCCCCOc1c(Br)cc(C=O)cc1Br. The van der Waals surface area contributed by atoms with Gasteiger partial charge in [-0.2, -0.15) is 0 Å². The van der Waals surface area contributed by atoms with Crippen molar-refractivity contribution in [1.29, 1.82) is 0 Å². The van der Waals surface area contributed by atoms with Gasteiger partial charge in [0, 0.05) is 5.56 Å². The van der Waals surface area contributed by atoms with Crippen LogP contribution in [0.25, 0.3) is 0 Å². The third-order valence-electron chi connectivity index (χ3n) is 3.90. The second-order valence-electron chi connectivity index (χ2n) is 5.96. The van der Waals surface area contributed by atoms with Crippen molar-refractivity contribution in [2.75, 3.05) is 6.61 Å². The van der Waals surface area contributed by atoms with Crippen molar-refractivity contribution in [2.24, 2.45) is 0 Å². The molecule has 0 bridgehead atoms. The zero-order chi connectivity index (χ0) is 16.9. The van der Waals surface area contributed by atoms with Crippen LogP contribution in [0.4, 0.5) is 0 Å². The largest absolute Gasteiger partial charge is 0.491 e. The Balaban J connectivity index is 2.08. The van der Waals surface area contributed by atoms with Gasteiger partial charge in [-0.05, 0) is 50.4 Å². The molecule has 0 saturated heterocycles. The van der Waals surface area contributed by atoms with Gasteiger partial charge in [-0.25, -0.2) is 0 Å². The quantitative estimate of drug-likeness (QED) is 0.233. The summed E-state index contributed by atoms with van der Waals surface area (Å²) in [5, 5.41) is 0. The van der Waals surface area contributed by atoms with Crippen LogP contribution in [0.3, 0.4) is 0 Å². The molecule has 0 radical (unpaired) electrons. The molecule has 0 aromatic heterocycles. The highest BCUT2D eigenvalue weighted by Gasteiger charge is 2.08. The van der Waals surface area contributed by atoms with Crippen LogP contribution >= 0.6 is 31.9 Å². The van der Waals surface area contributed by atoms with Crippen LogP contribution in [0.1, 0.15) is 81.5 Å². The van der Waals surface area contributed by atoms with Gasteiger partial charge in [-0.1, -0.05) is 64.7 Å². The summed E-state index contributed by atoms with van der Waals surface area (Å²) >= 11 is 6.91. The number of rotatable bonds is 13. The lowest BCUT2D eigenvalue weighted by Crippen LogP contribution is -1.99. The molecule has 1 aromatic rings. The summed E-state index contributed by atoms with van der Waals surface area (Å²) in [5.41, 5.74) is 0.634. The second-order valence-corrected chi connectivity index (χ2v) is 7.67. The summed E-state index contributed by atoms with van der Waals surface area (Å²) in [6.07, 6.45) is 14.0. The summed E-state index contributed by atoms with van der Waals surface area (Å²) in [7, 11) is 0. The zero-order valence-electron chi connectivity index (χ0n) is 14.1. The number of aldehydes is 1. The van der Waals surface area contributed by atoms with E-state index in [1.165, 1.54) is 57.8 Å². The first kappa shape index (κ1) is 20.7. The first-order valence-corrected chi connectivity index (χ1v) is 10.3. The van der Waals surface area contributed by atoms with Crippen LogP contribution in [-0.4, -0.2) is 12.9 Å². The highest BCUT2D eigenvalue weighted by Crippen LogP contribution is 2.34. The van der Waals surface area contributed by atoms with Crippen LogP contribution in [-0.2, 0) is 0 Å². The second kappa shape index (κ2) is 13.0. The molecule has 1 aromatic carbocycles. The highest BCUT2D eigenvalue weighted by atomic mass is 79.9. The molecular formula is C19H28Br2O2. The standard InChI is InChI=1S/C19H28Br2O2/c1-2-3-4-5-6-7-8-9-10-11-12-23-19-17(20)13-16(15-22)14-18(19)21/h13-15H,2-12H2,1H3. The van der Waals surface area contributed by atoms with Crippen LogP contribution in [0.15, 0.2) is 21.1 Å². The van der Waals surface area contributed by atoms with Gasteiger partial charge in [0.1, 0.15) is 12.0 Å². The van der Waals surface area contributed by atoms with E-state index in [1.807, 2.05) is 0 Å². The maximum absolute atomic E-state index is 10.8. The number of benzene rings is 1. The lowest BCUT2D eigenvalue weighted by molar-refractivity contribution is 0.112. The Hall–Kier alpha value is -0.350. The van der Waals surface area contributed by atoms with Gasteiger partial charge in [-0.3, -0.25) is 4.79 Å². The molecule has 0 aliphatic carbocycles. The van der Waals surface area contributed by atoms with E-state index < -0.39 is 0 Å². The number of hydrogen-bond acceptors (Lipinski definition) is 2. The molecule has 0 unspecified atom stereocenters. The smallest absolute Gasteiger partial charge is 0.150 e. The molecule has 1 rings (SSSR count). The Bertz CT molecular complexity index is 438. The summed E-state index contributed by atoms with van der Waals surface area (Å²) in [5.74, 6) is 0.784. The molecule has 0 heterocycles. The van der Waals surface area contributed by atoms with Gasteiger partial charge in [0.15, 0.2) is 0 Å². The molecule has 0 saturated carbocycles. The maximum atomic E-state index is 10.8. The number of carbonyl (C=O) groups excluding carboxylic acids is 1. The van der Waals surface area contributed by atoms with Crippen molar-refractivity contribution in [1.82, 2.24) is 0 Å². The lowest BCUT2D eigenvalue weighted by atomic mass is 10.1. The van der Waals surface area contributed by atoms with Gasteiger partial charge in [0.05, 0.1) is 15.6 Å². The van der Waals surface area contributed by atoms with Gasteiger partial charge in [0.2, 0.25) is 0 Å². The van der Waals surface area contributed by atoms with E-state index in [4.69, 9.17) is 4.74 Å². The third-order valence-corrected chi connectivity index (χ3v) is 5.08. The van der Waals surface area contributed by atoms with Crippen LogP contribution in [0.5, 0.6) is 5.75 Å². The lowest BCUT2D eigenvalue weighted by Gasteiger charge is -2.11. The summed E-state index contributed by atoms with van der Waals surface area (Å²) < 4.78 is 7.47. The van der Waals surface area contributed by atoms with E-state index in [0.29, 0.717) is 12.2 Å². The number of halogens is 2. The fraction of sp³-hybridized carbons (Fsp3) is 0.632. The molecular weight excluding hydrogens is 420 g/mol. The van der Waals surface area contributed by atoms with Crippen LogP contribution in [0, 0.1) is 0 Å². The van der Waals surface area contributed by atoms with Gasteiger partial charge < -0.3 is 4.74 Å². The molecule has 2 nitrogen and oxygen atoms in total. The van der Waals surface area contributed by atoms with Crippen molar-refractivity contribution >= 4 is 38.1 Å². The predicted molar refractivity (Wildman–Crippen MR) is 105 cm³/mol. The Morgan fingerprint density at radius 3 is 1.83 bits per heavy atom. The molecule has 0 spiro atoms. The number of ether oxygens (including phenoxy) is 1. The molecule has 23 heavy (non-hydrogen) atoms. The van der Waals surface area contributed by atoms with Gasteiger partial charge in [-0.15, -0.1) is 0 Å². The Morgan fingerprint density at radius 2 is 1.35 bits per heavy atom.